The van der Waals surface area contributed by atoms with Gasteiger partial charge in [0.25, 0.3) is 0 Å². The van der Waals surface area contributed by atoms with Crippen molar-refractivity contribution in [2.45, 2.75) is 54.8 Å². The van der Waals surface area contributed by atoms with Crippen LogP contribution in [0.5, 0.6) is 11.5 Å². The molecule has 3 aromatic rings. The van der Waals surface area contributed by atoms with Crippen LogP contribution < -0.4 is 9.47 Å². The molecule has 1 saturated heterocycles. The Morgan fingerprint density at radius 1 is 1.10 bits per heavy atom. The van der Waals surface area contributed by atoms with Gasteiger partial charge in [-0.25, -0.2) is 8.51 Å². The van der Waals surface area contributed by atoms with Crippen LogP contribution in [0.1, 0.15) is 39.8 Å². The van der Waals surface area contributed by atoms with Crippen molar-refractivity contribution >= 4 is 16.8 Å². The zero-order valence-electron chi connectivity index (χ0n) is 20.9. The number of Topliss-reactive ketones (excluding diaryl/α,β-unsaturated/α-hetero) is 1. The van der Waals surface area contributed by atoms with Gasteiger partial charge in [-0.2, -0.15) is 0 Å². The first-order valence-corrected chi connectivity index (χ1v) is 13.7. The lowest BCUT2D eigenvalue weighted by molar-refractivity contribution is -0.286. The highest BCUT2D eigenvalue weighted by Gasteiger charge is 2.52. The molecule has 0 amide bonds. The van der Waals surface area contributed by atoms with Gasteiger partial charge in [-0.3, -0.25) is 9.78 Å². The molecule has 2 aliphatic heterocycles. The molecule has 3 aliphatic rings. The lowest BCUT2D eigenvalue weighted by Crippen LogP contribution is -2.33. The Labute approximate surface area is 229 Å². The fourth-order valence-electron chi connectivity index (χ4n) is 5.26. The summed E-state index contributed by atoms with van der Waals surface area (Å²) in [5.41, 5.74) is 2.04. The van der Waals surface area contributed by atoms with E-state index >= 15 is 0 Å². The molecule has 1 saturated carbocycles. The monoisotopic (exact) mass is 562 g/mol. The molecule has 3 N–H and O–H groups in total. The van der Waals surface area contributed by atoms with E-state index < -0.39 is 22.7 Å². The maximum atomic E-state index is 13.4. The summed E-state index contributed by atoms with van der Waals surface area (Å²) in [6.45, 7) is 0.683. The lowest BCUT2D eigenvalue weighted by atomic mass is 9.88. The van der Waals surface area contributed by atoms with Crippen LogP contribution in [0.2, 0.25) is 0 Å². The number of halogens is 2. The molecule has 2 aromatic carbocycles. The minimum atomic E-state index is -3.70. The van der Waals surface area contributed by atoms with Crippen molar-refractivity contribution in [1.82, 2.24) is 9.29 Å². The number of ether oxygens (including phenoxy) is 2. The van der Waals surface area contributed by atoms with Crippen LogP contribution in [-0.2, 0) is 27.6 Å². The Bertz CT molecular complexity index is 1420. The fraction of sp³-hybridized carbons (Fsp3) is 0.357. The lowest BCUT2D eigenvalue weighted by Gasteiger charge is -2.21. The van der Waals surface area contributed by atoms with Gasteiger partial charge < -0.3 is 20.1 Å². The first-order valence-electron chi connectivity index (χ1n) is 12.6. The summed E-state index contributed by atoms with van der Waals surface area (Å²) >= 11 is 0. The third-order valence-electron chi connectivity index (χ3n) is 7.48. The van der Waals surface area contributed by atoms with Crippen molar-refractivity contribution < 1.29 is 40.7 Å². The number of nitrogens with zero attached hydrogens (tertiary/aromatic N) is 2. The second-order valence-electron chi connectivity index (χ2n) is 9.92. The third kappa shape index (κ3) is 5.19. The molecule has 6 rings (SSSR count). The smallest absolute Gasteiger partial charge is 0.412 e. The largest absolute Gasteiger partial charge is 0.586 e. The summed E-state index contributed by atoms with van der Waals surface area (Å²) in [4.78, 5) is 18.7. The van der Waals surface area contributed by atoms with Gasteiger partial charge in [0.05, 0.1) is 22.6 Å². The standard InChI is InChI=1S/C28H26F2N2O5S.H2O.2H2/c29-28(30)36-24-11-8-19(15-25(24)37-28)27(12-13-27)26(34)16-20-3-1-5-23(31-20)18-6-9-22(10-7-18)38(35)32-14-2-4-21(32)17-33;;;/h1,3,5-11,15,21,33H,2,4,12-14,16-17H2;1H2;2*1H/t21-,38?;;;/m1.../s1. The molecule has 2 atom stereocenters. The topological polar surface area (TPSA) is 120 Å². The molecule has 39 heavy (non-hydrogen) atoms. The van der Waals surface area contributed by atoms with E-state index in [4.69, 9.17) is 0 Å². The van der Waals surface area contributed by atoms with Gasteiger partial charge in [0.1, 0.15) is 16.8 Å². The molecule has 1 unspecified atom stereocenters. The van der Waals surface area contributed by atoms with Crippen molar-refractivity contribution in [3.8, 4) is 22.8 Å². The maximum Gasteiger partial charge on any atom is 0.586 e. The number of hydrogen-bond donors (Lipinski definition) is 1. The molecular weight excluding hydrogens is 530 g/mol. The van der Waals surface area contributed by atoms with E-state index in [0.29, 0.717) is 41.2 Å². The zero-order valence-corrected chi connectivity index (χ0v) is 21.8. The SMILES string of the molecule is O.O=C(Cc1cccc(-c2ccc(S(=O)N3CCC[C@@H]3CO)cc2)n1)C1(c2ccc3c(c2)OC(F)(F)O3)CC1.[HH].[HH]. The highest BCUT2D eigenvalue weighted by molar-refractivity contribution is 7.82. The average molecular weight is 563 g/mol. The number of pyridine rings is 1. The second-order valence-corrected chi connectivity index (χ2v) is 11.4. The van der Waals surface area contributed by atoms with Crippen LogP contribution in [0.4, 0.5) is 8.78 Å². The van der Waals surface area contributed by atoms with E-state index in [0.717, 1.165) is 18.4 Å². The summed E-state index contributed by atoms with van der Waals surface area (Å²) in [6.07, 6.45) is -0.575. The number of aliphatic hydroxyl groups is 1. The number of ketones is 1. The van der Waals surface area contributed by atoms with Crippen molar-refractivity contribution in [3.05, 3.63) is 71.9 Å². The number of hydrogen-bond acceptors (Lipinski definition) is 6. The number of aliphatic hydroxyl groups excluding tert-OH is 1. The van der Waals surface area contributed by atoms with Crippen molar-refractivity contribution in [2.24, 2.45) is 0 Å². The van der Waals surface area contributed by atoms with E-state index in [9.17, 15) is 22.9 Å². The fourth-order valence-corrected chi connectivity index (χ4v) is 6.64. The van der Waals surface area contributed by atoms with Gasteiger partial charge >= 0.3 is 6.29 Å². The number of rotatable bonds is 8. The second kappa shape index (κ2) is 10.4. The molecule has 0 spiro atoms. The van der Waals surface area contributed by atoms with Crippen molar-refractivity contribution in [3.63, 3.8) is 0 Å². The van der Waals surface area contributed by atoms with E-state index in [2.05, 4.69) is 14.5 Å². The molecule has 210 valence electrons. The van der Waals surface area contributed by atoms with Gasteiger partial charge in [0.15, 0.2) is 11.5 Å². The predicted octanol–water partition coefficient (Wildman–Crippen LogP) is 4.06. The normalized spacial score (nSPS) is 21.3. The molecule has 1 aliphatic carbocycles. The molecule has 0 bridgehead atoms. The van der Waals surface area contributed by atoms with Gasteiger partial charge in [-0.1, -0.05) is 24.3 Å². The summed E-state index contributed by atoms with van der Waals surface area (Å²) in [5.74, 6) is -0.130. The van der Waals surface area contributed by atoms with Gasteiger partial charge in [-0.15, -0.1) is 8.78 Å². The zero-order chi connectivity index (χ0) is 26.5. The number of carbonyl (C=O) groups is 1. The first-order chi connectivity index (χ1) is 18.3. The minimum absolute atomic E-state index is 0. The summed E-state index contributed by atoms with van der Waals surface area (Å²) < 4.78 is 50.7. The van der Waals surface area contributed by atoms with Crippen LogP contribution in [-0.4, -0.2) is 55.4 Å². The third-order valence-corrected chi connectivity index (χ3v) is 9.07. The summed E-state index contributed by atoms with van der Waals surface area (Å²) in [5, 5.41) is 9.54. The maximum absolute atomic E-state index is 13.4. The van der Waals surface area contributed by atoms with Crippen LogP contribution >= 0.6 is 0 Å². The quantitative estimate of drug-likeness (QED) is 0.442. The number of fused-ring (bicyclic) bond motifs is 1. The van der Waals surface area contributed by atoms with E-state index in [1.165, 1.54) is 12.1 Å². The Hall–Kier alpha value is -3.25. The Morgan fingerprint density at radius 2 is 1.85 bits per heavy atom. The van der Waals surface area contributed by atoms with Gasteiger partial charge in [0, 0.05) is 33.1 Å². The van der Waals surface area contributed by atoms with Gasteiger partial charge in [0.2, 0.25) is 0 Å². The van der Waals surface area contributed by atoms with Crippen molar-refractivity contribution in [1.29, 1.82) is 0 Å². The Kier molecular flexibility index (Phi) is 7.27. The van der Waals surface area contributed by atoms with E-state index in [1.54, 1.807) is 24.3 Å². The molecular formula is C28H32F2N2O6S. The minimum Gasteiger partial charge on any atom is -0.412 e. The highest BCUT2D eigenvalue weighted by atomic mass is 32.2. The molecule has 8 nitrogen and oxygen atoms in total. The van der Waals surface area contributed by atoms with E-state index in [1.807, 2.05) is 28.6 Å². The Morgan fingerprint density at radius 3 is 2.56 bits per heavy atom. The Balaban J connectivity index is 0.00000154. The van der Waals surface area contributed by atoms with Crippen LogP contribution in [0.15, 0.2) is 65.6 Å². The molecule has 1 aromatic heterocycles. The van der Waals surface area contributed by atoms with E-state index in [-0.39, 0.29) is 44.7 Å². The molecule has 0 radical (unpaired) electrons. The molecule has 3 heterocycles. The number of aromatic nitrogens is 1. The van der Waals surface area contributed by atoms with Gasteiger partial charge in [-0.05, 0) is 67.6 Å². The molecule has 11 heteroatoms. The van der Waals surface area contributed by atoms with Crippen LogP contribution in [0.3, 0.4) is 0 Å². The first kappa shape index (κ1) is 27.3. The summed E-state index contributed by atoms with van der Waals surface area (Å²) in [7, 11) is -1.34. The highest BCUT2D eigenvalue weighted by Crippen LogP contribution is 2.52. The number of benzene rings is 2. The van der Waals surface area contributed by atoms with Crippen LogP contribution in [0, 0.1) is 0 Å². The summed E-state index contributed by atoms with van der Waals surface area (Å²) in [6, 6.07) is 17.3. The number of carbonyl (C=O) groups excluding carboxylic acids is 1. The number of alkyl halides is 2. The van der Waals surface area contributed by atoms with Crippen LogP contribution in [0.25, 0.3) is 11.3 Å². The predicted molar refractivity (Wildman–Crippen MR) is 143 cm³/mol. The van der Waals surface area contributed by atoms with Crippen molar-refractivity contribution in [2.75, 3.05) is 13.2 Å². The average Bonchev–Trinajstić information content (AvgIpc) is 3.48. The molecule has 2 fully saturated rings.